The number of Topliss-reactive ketones (excluding diaryl/α,β-unsaturated/α-hetero) is 1. The Morgan fingerprint density at radius 1 is 0.918 bits per heavy atom. The van der Waals surface area contributed by atoms with Gasteiger partial charge in [-0.15, -0.1) is 15.3 Å². The molecule has 260 valence electrons. The van der Waals surface area contributed by atoms with E-state index in [0.717, 1.165) is 44.0 Å². The smallest absolute Gasteiger partial charge is 0.299 e. The quantitative estimate of drug-likeness (QED) is 0.0649. The zero-order valence-electron chi connectivity index (χ0n) is 27.9. The van der Waals surface area contributed by atoms with Crippen molar-refractivity contribution < 1.29 is 14.3 Å². The molecule has 5 N–H and O–H groups in total. The summed E-state index contributed by atoms with van der Waals surface area (Å²) in [4.78, 5) is 32.8. The van der Waals surface area contributed by atoms with Crippen LogP contribution in [0.5, 0.6) is 0 Å². The number of ketones is 1. The largest absolute Gasteiger partial charge is 0.412 e. The molecule has 13 heteroatoms. The number of H-pyrrole nitrogens is 3. The van der Waals surface area contributed by atoms with Crippen molar-refractivity contribution >= 4 is 76.4 Å². The maximum Gasteiger partial charge on any atom is 0.299 e. The molecule has 0 aliphatic carbocycles. The minimum absolute atomic E-state index is 0.00195. The fourth-order valence-corrected chi connectivity index (χ4v) is 6.25. The van der Waals surface area contributed by atoms with Gasteiger partial charge in [0.15, 0.2) is 4.73 Å². The van der Waals surface area contributed by atoms with Gasteiger partial charge in [0.05, 0.1) is 6.42 Å². The van der Waals surface area contributed by atoms with Gasteiger partial charge < -0.3 is 20.4 Å². The number of nitrogens with one attached hydrogen (secondary N) is 3. The molecule has 1 aliphatic rings. The highest BCUT2D eigenvalue weighted by Gasteiger charge is 2.20. The Morgan fingerprint density at radius 3 is 2.08 bits per heavy atom. The first kappa shape index (κ1) is 37.9. The Labute approximate surface area is 303 Å². The van der Waals surface area contributed by atoms with Gasteiger partial charge in [0, 0.05) is 46.7 Å². The molecule has 2 unspecified atom stereocenters. The third kappa shape index (κ3) is 11.9. The van der Waals surface area contributed by atoms with Gasteiger partial charge in [-0.05, 0) is 86.7 Å². The molecule has 11 nitrogen and oxygen atoms in total. The Hall–Kier alpha value is -3.94. The zero-order valence-corrected chi connectivity index (χ0v) is 31.1. The van der Waals surface area contributed by atoms with Gasteiger partial charge in [-0.1, -0.05) is 75.9 Å². The van der Waals surface area contributed by atoms with Gasteiger partial charge >= 0.3 is 0 Å². The molecule has 5 aromatic rings. The van der Waals surface area contributed by atoms with E-state index in [1.54, 1.807) is 0 Å². The van der Waals surface area contributed by atoms with Gasteiger partial charge in [0.25, 0.3) is 6.47 Å². The number of unbranched alkanes of at least 4 members (excludes halogenated alkanes) is 2. The highest BCUT2D eigenvalue weighted by Crippen LogP contribution is 2.26. The SMILES string of the molecule is CCCCC(CC(=O)c1n[nH]c(Br)n1)Cc1c[nH]c2ccccc12.CCCCC(N)Cc1c[nH]c2ccccc12.O=COC1=NN=C(Br)C1. The van der Waals surface area contributed by atoms with Gasteiger partial charge in [-0.3, -0.25) is 14.7 Å². The van der Waals surface area contributed by atoms with Crippen LogP contribution in [-0.2, 0) is 22.4 Å². The number of rotatable bonds is 14. The summed E-state index contributed by atoms with van der Waals surface area (Å²) in [6.45, 7) is 4.72. The first-order chi connectivity index (χ1) is 23.8. The number of aromatic amines is 3. The van der Waals surface area contributed by atoms with Crippen molar-refractivity contribution in [1.82, 2.24) is 25.1 Å². The number of aromatic nitrogens is 5. The summed E-state index contributed by atoms with van der Waals surface area (Å²) < 4.78 is 5.57. The molecule has 4 heterocycles. The van der Waals surface area contributed by atoms with E-state index in [4.69, 9.17) is 5.73 Å². The van der Waals surface area contributed by atoms with Crippen LogP contribution in [0.4, 0.5) is 0 Å². The van der Waals surface area contributed by atoms with Crippen LogP contribution >= 0.6 is 31.9 Å². The highest BCUT2D eigenvalue weighted by molar-refractivity contribution is 9.18. The predicted octanol–water partition coefficient (Wildman–Crippen LogP) is 8.57. The maximum absolute atomic E-state index is 12.5. The Balaban J connectivity index is 0.000000185. The molecule has 49 heavy (non-hydrogen) atoms. The molecule has 3 aromatic heterocycles. The van der Waals surface area contributed by atoms with Crippen LogP contribution in [0, 0.1) is 5.92 Å². The number of para-hydroxylation sites is 2. The summed E-state index contributed by atoms with van der Waals surface area (Å²) in [5.41, 5.74) is 11.1. The fourth-order valence-electron chi connectivity index (χ4n) is 5.68. The number of ether oxygens (including phenoxy) is 1. The lowest BCUT2D eigenvalue weighted by Gasteiger charge is -2.15. The molecule has 0 fully saturated rings. The van der Waals surface area contributed by atoms with Crippen LogP contribution in [0.3, 0.4) is 0 Å². The van der Waals surface area contributed by atoms with Gasteiger partial charge in [-0.2, -0.15) is 4.98 Å². The Morgan fingerprint density at radius 2 is 1.53 bits per heavy atom. The van der Waals surface area contributed by atoms with Crippen molar-refractivity contribution in [3.63, 3.8) is 0 Å². The average molecular weight is 797 g/mol. The molecule has 2 atom stereocenters. The number of carbonyl (C=O) groups is 2. The number of hydrogen-bond donors (Lipinski definition) is 4. The van der Waals surface area contributed by atoms with Crippen LogP contribution in [-0.4, -0.2) is 54.0 Å². The zero-order chi connectivity index (χ0) is 35.0. The lowest BCUT2D eigenvalue weighted by molar-refractivity contribution is -0.121. The normalized spacial score (nSPS) is 13.5. The summed E-state index contributed by atoms with van der Waals surface area (Å²) in [6, 6.07) is 17.0. The Kier molecular flexibility index (Phi) is 15.4. The van der Waals surface area contributed by atoms with Crippen LogP contribution < -0.4 is 5.73 Å². The van der Waals surface area contributed by atoms with E-state index in [9.17, 15) is 9.59 Å². The molecule has 1 aliphatic heterocycles. The van der Waals surface area contributed by atoms with Gasteiger partial charge in [-0.25, -0.2) is 0 Å². The van der Waals surface area contributed by atoms with Gasteiger partial charge in [0.1, 0.15) is 4.62 Å². The highest BCUT2D eigenvalue weighted by atomic mass is 79.9. The van der Waals surface area contributed by atoms with Crippen LogP contribution in [0.1, 0.15) is 87.0 Å². The van der Waals surface area contributed by atoms with Crippen molar-refractivity contribution in [3.8, 4) is 0 Å². The molecule has 0 saturated heterocycles. The second-order valence-electron chi connectivity index (χ2n) is 12.0. The molecule has 0 saturated carbocycles. The second kappa shape index (κ2) is 19.9. The Bertz CT molecular complexity index is 1840. The van der Waals surface area contributed by atoms with E-state index in [1.807, 2.05) is 6.07 Å². The first-order valence-electron chi connectivity index (χ1n) is 16.7. The van der Waals surface area contributed by atoms with Crippen molar-refractivity contribution in [2.24, 2.45) is 21.9 Å². The van der Waals surface area contributed by atoms with Crippen molar-refractivity contribution in [1.29, 1.82) is 0 Å². The number of carbonyl (C=O) groups excluding carboxylic acids is 2. The molecular formula is C36H44Br2N8O3. The third-order valence-electron chi connectivity index (χ3n) is 8.17. The second-order valence-corrected chi connectivity index (χ2v) is 13.6. The first-order valence-corrected chi connectivity index (χ1v) is 18.3. The van der Waals surface area contributed by atoms with Crippen LogP contribution in [0.15, 0.2) is 75.9 Å². The van der Waals surface area contributed by atoms with Crippen LogP contribution in [0.2, 0.25) is 0 Å². The summed E-state index contributed by atoms with van der Waals surface area (Å²) in [6.07, 6.45) is 13.8. The standard InChI is InChI=1S/C18H21BrN4O.C14H20N2.C4H3BrN2O2/c1-2-3-6-12(10-16(24)17-21-18(19)23-22-17)9-13-11-20-15-8-5-4-7-14(13)15;1-2-3-6-12(15)9-11-10-16-14-8-5-4-7-13(11)14;5-3-1-4(7-6-3)9-2-8/h4-5,7-8,11-12,20H,2-3,6,9-10H2,1H3,(H,21,22,23);4-5,7-8,10,12,16H,2-3,6,9,15H2,1H3;2H,1H2. The molecule has 0 radical (unpaired) electrons. The maximum atomic E-state index is 12.5. The number of halogens is 2. The van der Waals surface area contributed by atoms with Crippen molar-refractivity contribution in [3.05, 3.63) is 82.6 Å². The number of hydrogen-bond acceptors (Lipinski definition) is 8. The third-order valence-corrected chi connectivity index (χ3v) is 8.96. The van der Waals surface area contributed by atoms with E-state index in [-0.39, 0.29) is 11.6 Å². The van der Waals surface area contributed by atoms with E-state index >= 15 is 0 Å². The predicted molar refractivity (Wildman–Crippen MR) is 203 cm³/mol. The summed E-state index contributed by atoms with van der Waals surface area (Å²) >= 11 is 6.29. The minimum atomic E-state index is -0.00195. The lowest BCUT2D eigenvalue weighted by Crippen LogP contribution is -2.22. The molecule has 0 spiro atoms. The van der Waals surface area contributed by atoms with E-state index < -0.39 is 0 Å². The number of nitrogens with two attached hydrogens (primary N) is 1. The molecule has 2 aromatic carbocycles. The lowest BCUT2D eigenvalue weighted by atomic mass is 9.89. The molecule has 6 rings (SSSR count). The minimum Gasteiger partial charge on any atom is -0.412 e. The number of benzene rings is 2. The molecule has 0 amide bonds. The summed E-state index contributed by atoms with van der Waals surface area (Å²) in [5.74, 6) is 0.894. The van der Waals surface area contributed by atoms with Crippen molar-refractivity contribution in [2.75, 3.05) is 0 Å². The van der Waals surface area contributed by atoms with E-state index in [1.165, 1.54) is 40.3 Å². The van der Waals surface area contributed by atoms with Crippen molar-refractivity contribution in [2.45, 2.75) is 84.1 Å². The monoisotopic (exact) mass is 794 g/mol. The van der Waals surface area contributed by atoms with E-state index in [0.29, 0.717) is 46.5 Å². The topological polar surface area (TPSA) is 167 Å². The fraction of sp³-hybridized carbons (Fsp3) is 0.389. The molecule has 0 bridgehead atoms. The molecular weight excluding hydrogens is 752 g/mol. The van der Waals surface area contributed by atoms with E-state index in [2.05, 4.69) is 141 Å². The summed E-state index contributed by atoms with van der Waals surface area (Å²) in [7, 11) is 0. The van der Waals surface area contributed by atoms with Gasteiger partial charge in [0.2, 0.25) is 17.5 Å². The summed E-state index contributed by atoms with van der Waals surface area (Å²) in [5, 5.41) is 16.3. The van der Waals surface area contributed by atoms with Crippen LogP contribution in [0.25, 0.3) is 21.8 Å². The number of nitrogens with zero attached hydrogens (tertiary/aromatic N) is 4. The average Bonchev–Trinajstić information content (AvgIpc) is 3.92. The number of fused-ring (bicyclic) bond motifs is 2.